The van der Waals surface area contributed by atoms with Gasteiger partial charge < -0.3 is 15.5 Å². The molecular formula is C21H16ClN3O3S. The van der Waals surface area contributed by atoms with Crippen molar-refractivity contribution in [1.29, 1.82) is 0 Å². The summed E-state index contributed by atoms with van der Waals surface area (Å²) in [5.74, 6) is -0.600. The molecule has 4 rings (SSSR count). The average molecular weight is 426 g/mol. The standard InChI is InChI=1S/C21H16ClN3O3S/c22-19-11-10-18(29-19)16-12-17(28-25-16)21(27)24-15-9-5-4-8-14(15)23-20(26)13-6-2-1-3-7-13/h1-11,17H,12H2,(H,23,26)(H,24,27). The van der Waals surface area contributed by atoms with Crippen molar-refractivity contribution in [2.45, 2.75) is 12.5 Å². The third kappa shape index (κ3) is 4.47. The zero-order valence-corrected chi connectivity index (χ0v) is 16.7. The zero-order chi connectivity index (χ0) is 20.2. The van der Waals surface area contributed by atoms with E-state index in [1.165, 1.54) is 11.3 Å². The van der Waals surface area contributed by atoms with E-state index in [0.717, 1.165) is 4.88 Å². The van der Waals surface area contributed by atoms with Crippen LogP contribution in [0.1, 0.15) is 21.7 Å². The van der Waals surface area contributed by atoms with Gasteiger partial charge in [0.1, 0.15) is 5.71 Å². The van der Waals surface area contributed by atoms with E-state index in [2.05, 4.69) is 15.8 Å². The molecule has 0 aliphatic carbocycles. The minimum Gasteiger partial charge on any atom is -0.382 e. The molecule has 1 aliphatic heterocycles. The zero-order valence-electron chi connectivity index (χ0n) is 15.1. The predicted octanol–water partition coefficient (Wildman–Crippen LogP) is 4.79. The number of oxime groups is 1. The van der Waals surface area contributed by atoms with E-state index in [9.17, 15) is 9.59 Å². The molecule has 0 spiro atoms. The van der Waals surface area contributed by atoms with E-state index in [0.29, 0.717) is 33.4 Å². The highest BCUT2D eigenvalue weighted by Gasteiger charge is 2.30. The van der Waals surface area contributed by atoms with Gasteiger partial charge in [-0.25, -0.2) is 0 Å². The highest BCUT2D eigenvalue weighted by molar-refractivity contribution is 7.18. The van der Waals surface area contributed by atoms with Gasteiger partial charge in [0.25, 0.3) is 11.8 Å². The van der Waals surface area contributed by atoms with Crippen molar-refractivity contribution in [2.75, 3.05) is 10.6 Å². The number of thiophene rings is 1. The number of halogens is 1. The first-order valence-corrected chi connectivity index (χ1v) is 10.0. The maximum Gasteiger partial charge on any atom is 0.268 e. The molecule has 0 bridgehead atoms. The number of carbonyl (C=O) groups excluding carboxylic acids is 2. The van der Waals surface area contributed by atoms with E-state index in [-0.39, 0.29) is 11.8 Å². The Labute approximate surface area is 176 Å². The van der Waals surface area contributed by atoms with E-state index < -0.39 is 6.10 Å². The fraction of sp³-hybridized carbons (Fsp3) is 0.0952. The minimum absolute atomic E-state index is 0.260. The molecule has 2 N–H and O–H groups in total. The van der Waals surface area contributed by atoms with Gasteiger partial charge in [0.2, 0.25) is 6.10 Å². The summed E-state index contributed by atoms with van der Waals surface area (Å²) in [5, 5.41) is 9.65. The van der Waals surface area contributed by atoms with Crippen LogP contribution in [0, 0.1) is 0 Å². The second-order valence-corrected chi connectivity index (χ2v) is 8.01. The van der Waals surface area contributed by atoms with Crippen LogP contribution in [-0.2, 0) is 9.63 Å². The molecule has 0 saturated heterocycles. The first kappa shape index (κ1) is 19.2. The number of hydrogen-bond donors (Lipinski definition) is 2. The highest BCUT2D eigenvalue weighted by Crippen LogP contribution is 2.28. The molecule has 0 saturated carbocycles. The lowest BCUT2D eigenvalue weighted by atomic mass is 10.1. The summed E-state index contributed by atoms with van der Waals surface area (Å²) in [6.07, 6.45) is -0.398. The van der Waals surface area contributed by atoms with Crippen molar-refractivity contribution in [1.82, 2.24) is 0 Å². The number of rotatable bonds is 5. The van der Waals surface area contributed by atoms with Gasteiger partial charge in [0.15, 0.2) is 0 Å². The SMILES string of the molecule is O=C(Nc1ccccc1NC(=O)C1CC(c2ccc(Cl)s2)=NO1)c1ccccc1. The lowest BCUT2D eigenvalue weighted by molar-refractivity contribution is -0.125. The van der Waals surface area contributed by atoms with Crippen LogP contribution in [0.3, 0.4) is 0 Å². The Morgan fingerprint density at radius 3 is 2.34 bits per heavy atom. The third-order valence-corrected chi connectivity index (χ3v) is 5.57. The largest absolute Gasteiger partial charge is 0.382 e. The molecular weight excluding hydrogens is 410 g/mol. The maximum absolute atomic E-state index is 12.7. The Bertz CT molecular complexity index is 1080. The van der Waals surface area contributed by atoms with Gasteiger partial charge in [0, 0.05) is 12.0 Å². The molecule has 1 aliphatic rings. The van der Waals surface area contributed by atoms with Crippen molar-refractivity contribution in [3.63, 3.8) is 0 Å². The van der Waals surface area contributed by atoms with Gasteiger partial charge in [0.05, 0.1) is 20.6 Å². The Kier molecular flexibility index (Phi) is 5.59. The second kappa shape index (κ2) is 8.46. The van der Waals surface area contributed by atoms with Gasteiger partial charge >= 0.3 is 0 Å². The molecule has 3 aromatic rings. The summed E-state index contributed by atoms with van der Waals surface area (Å²) >= 11 is 7.34. The molecule has 29 heavy (non-hydrogen) atoms. The van der Waals surface area contributed by atoms with Crippen LogP contribution in [0.4, 0.5) is 11.4 Å². The summed E-state index contributed by atoms with van der Waals surface area (Å²) < 4.78 is 0.652. The monoisotopic (exact) mass is 425 g/mol. The summed E-state index contributed by atoms with van der Waals surface area (Å²) in [6, 6.07) is 19.5. The van der Waals surface area contributed by atoms with Gasteiger partial charge in [-0.15, -0.1) is 11.3 Å². The Balaban J connectivity index is 1.42. The van der Waals surface area contributed by atoms with Crippen molar-refractivity contribution in [3.8, 4) is 0 Å². The summed E-state index contributed by atoms with van der Waals surface area (Å²) in [5.41, 5.74) is 2.20. The first-order chi connectivity index (χ1) is 14.1. The quantitative estimate of drug-likeness (QED) is 0.617. The first-order valence-electron chi connectivity index (χ1n) is 8.85. The number of nitrogens with one attached hydrogen (secondary N) is 2. The fourth-order valence-corrected chi connectivity index (χ4v) is 3.86. The van der Waals surface area contributed by atoms with Crippen LogP contribution in [-0.4, -0.2) is 23.6 Å². The lowest BCUT2D eigenvalue weighted by Crippen LogP contribution is -2.28. The highest BCUT2D eigenvalue weighted by atomic mass is 35.5. The molecule has 6 nitrogen and oxygen atoms in total. The topological polar surface area (TPSA) is 79.8 Å². The molecule has 0 radical (unpaired) electrons. The van der Waals surface area contributed by atoms with Crippen LogP contribution >= 0.6 is 22.9 Å². The minimum atomic E-state index is -0.747. The van der Waals surface area contributed by atoms with Crippen molar-refractivity contribution >= 4 is 51.8 Å². The summed E-state index contributed by atoms with van der Waals surface area (Å²) in [4.78, 5) is 31.3. The Morgan fingerprint density at radius 2 is 1.66 bits per heavy atom. The number of para-hydroxylation sites is 2. The lowest BCUT2D eigenvalue weighted by Gasteiger charge is -2.14. The van der Waals surface area contributed by atoms with Gasteiger partial charge in [-0.2, -0.15) is 0 Å². The van der Waals surface area contributed by atoms with Crippen LogP contribution in [0.5, 0.6) is 0 Å². The molecule has 8 heteroatoms. The smallest absolute Gasteiger partial charge is 0.268 e. The summed E-state index contributed by atoms with van der Waals surface area (Å²) in [6.45, 7) is 0. The van der Waals surface area contributed by atoms with Crippen LogP contribution in [0.2, 0.25) is 4.34 Å². The third-order valence-electron chi connectivity index (χ3n) is 4.29. The van der Waals surface area contributed by atoms with E-state index >= 15 is 0 Å². The average Bonchev–Trinajstić information content (AvgIpc) is 3.39. The second-order valence-electron chi connectivity index (χ2n) is 6.29. The Morgan fingerprint density at radius 1 is 0.966 bits per heavy atom. The van der Waals surface area contributed by atoms with Crippen LogP contribution in [0.15, 0.2) is 71.9 Å². The summed E-state index contributed by atoms with van der Waals surface area (Å²) in [7, 11) is 0. The number of amides is 2. The van der Waals surface area contributed by atoms with Crippen molar-refractivity contribution in [2.24, 2.45) is 5.16 Å². The molecule has 146 valence electrons. The number of nitrogens with zero attached hydrogens (tertiary/aromatic N) is 1. The van der Waals surface area contributed by atoms with Gasteiger partial charge in [-0.05, 0) is 36.4 Å². The van der Waals surface area contributed by atoms with Crippen molar-refractivity contribution in [3.05, 3.63) is 81.5 Å². The Hall–Kier alpha value is -3.16. The molecule has 2 amide bonds. The van der Waals surface area contributed by atoms with Gasteiger partial charge in [-0.1, -0.05) is 47.1 Å². The maximum atomic E-state index is 12.7. The molecule has 0 fully saturated rings. The van der Waals surface area contributed by atoms with Crippen LogP contribution < -0.4 is 10.6 Å². The molecule has 1 aromatic heterocycles. The number of benzene rings is 2. The van der Waals surface area contributed by atoms with Gasteiger partial charge in [-0.3, -0.25) is 9.59 Å². The predicted molar refractivity (Wildman–Crippen MR) is 115 cm³/mol. The molecule has 2 aromatic carbocycles. The normalized spacial score (nSPS) is 15.3. The van der Waals surface area contributed by atoms with E-state index in [1.54, 1.807) is 54.6 Å². The van der Waals surface area contributed by atoms with E-state index in [4.69, 9.17) is 16.4 Å². The molecule has 1 unspecified atom stereocenters. The fourth-order valence-electron chi connectivity index (χ4n) is 2.83. The number of carbonyl (C=O) groups is 2. The number of hydrogen-bond acceptors (Lipinski definition) is 5. The number of anilines is 2. The van der Waals surface area contributed by atoms with Crippen molar-refractivity contribution < 1.29 is 14.4 Å². The van der Waals surface area contributed by atoms with Crippen LogP contribution in [0.25, 0.3) is 0 Å². The molecule has 1 atom stereocenters. The van der Waals surface area contributed by atoms with E-state index in [1.807, 2.05) is 12.1 Å². The molecule has 2 heterocycles.